The summed E-state index contributed by atoms with van der Waals surface area (Å²) in [6.45, 7) is 10.1. The topological polar surface area (TPSA) is 20.2 Å². The van der Waals surface area contributed by atoms with E-state index in [-0.39, 0.29) is 0 Å². The third-order valence-electron chi connectivity index (χ3n) is 1.81. The van der Waals surface area contributed by atoms with E-state index in [4.69, 9.17) is 0 Å². The van der Waals surface area contributed by atoms with Crippen LogP contribution in [0.3, 0.4) is 0 Å². The molecule has 74 valence electrons. The van der Waals surface area contributed by atoms with Gasteiger partial charge < -0.3 is 5.11 Å². The van der Waals surface area contributed by atoms with Crippen LogP contribution in [0, 0.1) is 6.92 Å². The summed E-state index contributed by atoms with van der Waals surface area (Å²) in [6, 6.07) is 5.81. The molecule has 1 N–H and O–H groups in total. The number of aryl methyl sites for hydroxylation is 1. The zero-order chi connectivity index (χ0) is 10.4. The third-order valence-corrected chi connectivity index (χ3v) is 1.81. The molecule has 0 atom stereocenters. The zero-order valence-electron chi connectivity index (χ0n) is 9.26. The van der Waals surface area contributed by atoms with Crippen LogP contribution in [0.4, 0.5) is 0 Å². The highest BCUT2D eigenvalue weighted by atomic mass is 16.3. The van der Waals surface area contributed by atoms with Gasteiger partial charge in [0.1, 0.15) is 5.75 Å². The molecular formula is C12H20O. The van der Waals surface area contributed by atoms with E-state index in [1.165, 1.54) is 0 Å². The zero-order valence-corrected chi connectivity index (χ0v) is 9.26. The quantitative estimate of drug-likeness (QED) is 0.696. The summed E-state index contributed by atoms with van der Waals surface area (Å²) in [7, 11) is 0. The maximum Gasteiger partial charge on any atom is 0.119 e. The van der Waals surface area contributed by atoms with Gasteiger partial charge in [0.25, 0.3) is 0 Å². The third kappa shape index (κ3) is 3.49. The smallest absolute Gasteiger partial charge is 0.119 e. The SMILES string of the molecule is CC.Cc1ccc(C(C)C)c(O)c1. The molecule has 13 heavy (non-hydrogen) atoms. The van der Waals surface area contributed by atoms with Crippen LogP contribution < -0.4 is 0 Å². The van der Waals surface area contributed by atoms with Gasteiger partial charge in [-0.2, -0.15) is 0 Å². The fourth-order valence-corrected chi connectivity index (χ4v) is 1.14. The fourth-order valence-electron chi connectivity index (χ4n) is 1.14. The Balaban J connectivity index is 0.000000671. The van der Waals surface area contributed by atoms with Gasteiger partial charge in [-0.05, 0) is 30.0 Å². The van der Waals surface area contributed by atoms with E-state index in [9.17, 15) is 5.11 Å². The minimum absolute atomic E-state index is 0.399. The summed E-state index contributed by atoms with van der Waals surface area (Å²) in [5.74, 6) is 0.815. The van der Waals surface area contributed by atoms with Crippen molar-refractivity contribution in [1.82, 2.24) is 0 Å². The van der Waals surface area contributed by atoms with Crippen molar-refractivity contribution in [3.63, 3.8) is 0 Å². The molecular weight excluding hydrogens is 160 g/mol. The molecule has 0 aliphatic rings. The van der Waals surface area contributed by atoms with Crippen LogP contribution >= 0.6 is 0 Å². The van der Waals surface area contributed by atoms with Gasteiger partial charge >= 0.3 is 0 Å². The molecule has 1 aromatic rings. The lowest BCUT2D eigenvalue weighted by Gasteiger charge is -2.07. The van der Waals surface area contributed by atoms with E-state index in [1.807, 2.05) is 32.9 Å². The van der Waals surface area contributed by atoms with Gasteiger partial charge in [-0.3, -0.25) is 0 Å². The second-order valence-corrected chi connectivity index (χ2v) is 3.22. The summed E-state index contributed by atoms with van der Waals surface area (Å²) in [5, 5.41) is 9.46. The van der Waals surface area contributed by atoms with Crippen LogP contribution in [0.1, 0.15) is 44.7 Å². The highest BCUT2D eigenvalue weighted by Crippen LogP contribution is 2.25. The molecule has 0 amide bonds. The highest BCUT2D eigenvalue weighted by Gasteiger charge is 2.03. The van der Waals surface area contributed by atoms with Crippen LogP contribution in [0.25, 0.3) is 0 Å². The number of rotatable bonds is 1. The maximum atomic E-state index is 9.46. The number of phenolic OH excluding ortho intramolecular Hbond substituents is 1. The minimum atomic E-state index is 0.399. The van der Waals surface area contributed by atoms with E-state index < -0.39 is 0 Å². The first-order valence-corrected chi connectivity index (χ1v) is 4.91. The number of benzene rings is 1. The van der Waals surface area contributed by atoms with Crippen LogP contribution in [-0.2, 0) is 0 Å². The second-order valence-electron chi connectivity index (χ2n) is 3.22. The van der Waals surface area contributed by atoms with Crippen LogP contribution in [-0.4, -0.2) is 5.11 Å². The molecule has 1 rings (SSSR count). The minimum Gasteiger partial charge on any atom is -0.508 e. The van der Waals surface area contributed by atoms with Gasteiger partial charge in [0.2, 0.25) is 0 Å². The summed E-state index contributed by atoms with van der Waals surface area (Å²) in [4.78, 5) is 0. The van der Waals surface area contributed by atoms with Gasteiger partial charge in [-0.1, -0.05) is 39.8 Å². The highest BCUT2D eigenvalue weighted by molar-refractivity contribution is 5.37. The number of hydrogen-bond acceptors (Lipinski definition) is 1. The first-order valence-electron chi connectivity index (χ1n) is 4.91. The Hall–Kier alpha value is -0.980. The predicted molar refractivity (Wildman–Crippen MR) is 58.3 cm³/mol. The van der Waals surface area contributed by atoms with Crippen molar-refractivity contribution in [2.24, 2.45) is 0 Å². The molecule has 0 heterocycles. The lowest BCUT2D eigenvalue weighted by atomic mass is 10.0. The van der Waals surface area contributed by atoms with Gasteiger partial charge in [0.05, 0.1) is 0 Å². The van der Waals surface area contributed by atoms with Crippen molar-refractivity contribution >= 4 is 0 Å². The lowest BCUT2D eigenvalue weighted by Crippen LogP contribution is -1.87. The molecule has 0 bridgehead atoms. The van der Waals surface area contributed by atoms with E-state index in [1.54, 1.807) is 6.07 Å². The molecule has 0 aromatic heterocycles. The first-order chi connectivity index (χ1) is 6.11. The molecule has 0 unspecified atom stereocenters. The Morgan fingerprint density at radius 2 is 1.69 bits per heavy atom. The maximum absolute atomic E-state index is 9.46. The van der Waals surface area contributed by atoms with Gasteiger partial charge in [0, 0.05) is 0 Å². The normalized spacial score (nSPS) is 9.38. The molecule has 1 nitrogen and oxygen atoms in total. The molecule has 0 fully saturated rings. The Kier molecular flexibility index (Phi) is 5.20. The Morgan fingerprint density at radius 1 is 1.15 bits per heavy atom. The Bertz CT molecular complexity index is 251. The molecule has 0 aliphatic heterocycles. The van der Waals surface area contributed by atoms with Crippen molar-refractivity contribution in [3.8, 4) is 5.75 Å². The fraction of sp³-hybridized carbons (Fsp3) is 0.500. The Morgan fingerprint density at radius 3 is 2.08 bits per heavy atom. The molecule has 0 saturated carbocycles. The summed E-state index contributed by atoms with van der Waals surface area (Å²) < 4.78 is 0. The number of hydrogen-bond donors (Lipinski definition) is 1. The van der Waals surface area contributed by atoms with Crippen molar-refractivity contribution in [1.29, 1.82) is 0 Å². The van der Waals surface area contributed by atoms with Crippen molar-refractivity contribution in [3.05, 3.63) is 29.3 Å². The molecule has 0 saturated heterocycles. The molecule has 0 radical (unpaired) electrons. The van der Waals surface area contributed by atoms with E-state index >= 15 is 0 Å². The first kappa shape index (κ1) is 12.0. The lowest BCUT2D eigenvalue weighted by molar-refractivity contribution is 0.464. The van der Waals surface area contributed by atoms with Gasteiger partial charge in [-0.25, -0.2) is 0 Å². The number of phenols is 1. The van der Waals surface area contributed by atoms with Gasteiger partial charge in [-0.15, -0.1) is 0 Å². The van der Waals surface area contributed by atoms with Crippen LogP contribution in [0.5, 0.6) is 5.75 Å². The van der Waals surface area contributed by atoms with Crippen molar-refractivity contribution in [2.45, 2.75) is 40.5 Å². The molecule has 0 spiro atoms. The van der Waals surface area contributed by atoms with E-state index in [0.717, 1.165) is 11.1 Å². The van der Waals surface area contributed by atoms with Crippen LogP contribution in [0.2, 0.25) is 0 Å². The van der Waals surface area contributed by atoms with Gasteiger partial charge in [0.15, 0.2) is 0 Å². The Labute approximate surface area is 81.4 Å². The average Bonchev–Trinajstić information content (AvgIpc) is 2.07. The largest absolute Gasteiger partial charge is 0.508 e. The molecule has 0 aliphatic carbocycles. The van der Waals surface area contributed by atoms with Crippen molar-refractivity contribution in [2.75, 3.05) is 0 Å². The monoisotopic (exact) mass is 180 g/mol. The summed E-state index contributed by atoms with van der Waals surface area (Å²) in [5.41, 5.74) is 2.13. The summed E-state index contributed by atoms with van der Waals surface area (Å²) in [6.07, 6.45) is 0. The van der Waals surface area contributed by atoms with E-state index in [2.05, 4.69) is 13.8 Å². The standard InChI is InChI=1S/C10H14O.C2H6/c1-7(2)9-5-4-8(3)6-10(9)11;1-2/h4-7,11H,1-3H3;1-2H3. The molecule has 1 aromatic carbocycles. The summed E-state index contributed by atoms with van der Waals surface area (Å²) >= 11 is 0. The van der Waals surface area contributed by atoms with E-state index in [0.29, 0.717) is 11.7 Å². The second kappa shape index (κ2) is 5.63. The van der Waals surface area contributed by atoms with Crippen molar-refractivity contribution < 1.29 is 5.11 Å². The molecule has 1 heteroatoms. The number of aromatic hydroxyl groups is 1. The van der Waals surface area contributed by atoms with Crippen LogP contribution in [0.15, 0.2) is 18.2 Å². The average molecular weight is 180 g/mol. The predicted octanol–water partition coefficient (Wildman–Crippen LogP) is 3.85.